The van der Waals surface area contributed by atoms with Gasteiger partial charge >= 0.3 is 11.6 Å². The summed E-state index contributed by atoms with van der Waals surface area (Å²) in [5, 5.41) is 0. The first-order valence-electron chi connectivity index (χ1n) is 1.48. The van der Waals surface area contributed by atoms with Gasteiger partial charge in [-0.25, -0.2) is 8.42 Å². The first-order valence-corrected chi connectivity index (χ1v) is 4.45. The molecule has 0 heterocycles. The molecule has 0 aromatic rings. The quantitative estimate of drug-likeness (QED) is 0.453. The average molecular weight is 158 g/mol. The van der Waals surface area contributed by atoms with Gasteiger partial charge in [0.25, 0.3) is 0 Å². The van der Waals surface area contributed by atoms with Crippen LogP contribution in [0.25, 0.3) is 0 Å². The average Bonchev–Trinajstić information content (AvgIpc) is 1.27. The maximum absolute atomic E-state index is 9.63. The Balaban J connectivity index is 0. The SMILES string of the molecule is CS(C)(=O)=O.O=S=O. The van der Waals surface area contributed by atoms with E-state index in [4.69, 9.17) is 8.42 Å². The van der Waals surface area contributed by atoms with E-state index in [9.17, 15) is 8.42 Å². The molecule has 0 rings (SSSR count). The van der Waals surface area contributed by atoms with Gasteiger partial charge in [-0.1, -0.05) is 0 Å². The highest BCUT2D eigenvalue weighted by atomic mass is 32.2. The predicted octanol–water partition coefficient (Wildman–Crippen LogP) is -1.01. The van der Waals surface area contributed by atoms with Gasteiger partial charge in [0.2, 0.25) is 0 Å². The minimum Gasteiger partial charge on any atom is -0.229 e. The van der Waals surface area contributed by atoms with E-state index < -0.39 is 21.4 Å². The minimum absolute atomic E-state index is 0.750. The summed E-state index contributed by atoms with van der Waals surface area (Å²) < 4.78 is 35.8. The minimum atomic E-state index is -2.67. The van der Waals surface area contributed by atoms with Gasteiger partial charge in [-0.2, -0.15) is 8.42 Å². The van der Waals surface area contributed by atoms with Crippen molar-refractivity contribution in [1.29, 1.82) is 0 Å². The Labute approximate surface area is 51.4 Å². The molecule has 0 spiro atoms. The molecular weight excluding hydrogens is 152 g/mol. The number of hydrogen-bond acceptors (Lipinski definition) is 4. The lowest BCUT2D eigenvalue weighted by molar-refractivity contribution is 0.607. The maximum atomic E-state index is 9.63. The Bertz CT molecular complexity index is 152. The van der Waals surface area contributed by atoms with E-state index in [0.29, 0.717) is 0 Å². The van der Waals surface area contributed by atoms with Gasteiger partial charge in [-0.15, -0.1) is 0 Å². The van der Waals surface area contributed by atoms with Crippen LogP contribution in [0.15, 0.2) is 0 Å². The van der Waals surface area contributed by atoms with Crippen molar-refractivity contribution in [2.24, 2.45) is 0 Å². The van der Waals surface area contributed by atoms with Gasteiger partial charge in [0.1, 0.15) is 9.84 Å². The van der Waals surface area contributed by atoms with Crippen LogP contribution in [0.2, 0.25) is 0 Å². The Morgan fingerprint density at radius 3 is 1.12 bits per heavy atom. The lowest BCUT2D eigenvalue weighted by atomic mass is 11.9. The number of sulfone groups is 1. The third-order valence-electron chi connectivity index (χ3n) is 0. The second kappa shape index (κ2) is 4.92. The Morgan fingerprint density at radius 1 is 1.12 bits per heavy atom. The highest BCUT2D eigenvalue weighted by Gasteiger charge is 1.79. The van der Waals surface area contributed by atoms with E-state index in [2.05, 4.69) is 0 Å². The lowest BCUT2D eigenvalue weighted by Gasteiger charge is -1.69. The van der Waals surface area contributed by atoms with Crippen molar-refractivity contribution in [1.82, 2.24) is 0 Å². The van der Waals surface area contributed by atoms with Crippen LogP contribution in [0.5, 0.6) is 0 Å². The van der Waals surface area contributed by atoms with Crippen LogP contribution < -0.4 is 0 Å². The van der Waals surface area contributed by atoms with Gasteiger partial charge in [0, 0.05) is 12.5 Å². The van der Waals surface area contributed by atoms with Crippen LogP contribution in [-0.2, 0) is 21.4 Å². The van der Waals surface area contributed by atoms with Gasteiger partial charge < -0.3 is 0 Å². The normalized spacial score (nSPS) is 8.75. The molecule has 0 aliphatic carbocycles. The van der Waals surface area contributed by atoms with Gasteiger partial charge in [0.05, 0.1) is 0 Å². The fraction of sp³-hybridized carbons (Fsp3) is 1.00. The predicted molar refractivity (Wildman–Crippen MR) is 29.7 cm³/mol. The van der Waals surface area contributed by atoms with Crippen LogP contribution >= 0.6 is 0 Å². The third-order valence-corrected chi connectivity index (χ3v) is 0. The van der Waals surface area contributed by atoms with E-state index in [1.807, 2.05) is 0 Å². The Kier molecular flexibility index (Phi) is 6.58. The van der Waals surface area contributed by atoms with E-state index in [0.717, 1.165) is 12.5 Å². The zero-order valence-electron chi connectivity index (χ0n) is 4.45. The van der Waals surface area contributed by atoms with Gasteiger partial charge in [-0.3, -0.25) is 0 Å². The summed E-state index contributed by atoms with van der Waals surface area (Å²) in [6.45, 7) is 0. The highest BCUT2D eigenvalue weighted by molar-refractivity contribution is 7.89. The first-order chi connectivity index (χ1) is 3.41. The molecule has 0 saturated heterocycles. The van der Waals surface area contributed by atoms with Crippen LogP contribution in [0.4, 0.5) is 0 Å². The van der Waals surface area contributed by atoms with Crippen LogP contribution in [-0.4, -0.2) is 29.3 Å². The van der Waals surface area contributed by atoms with Crippen LogP contribution in [0, 0.1) is 0 Å². The van der Waals surface area contributed by atoms with Gasteiger partial charge in [-0.05, 0) is 0 Å². The van der Waals surface area contributed by atoms with E-state index in [1.165, 1.54) is 0 Å². The third kappa shape index (κ3) is 2480. The molecular formula is C2H6O4S2. The molecule has 0 aromatic carbocycles. The fourth-order valence-corrected chi connectivity index (χ4v) is 0. The van der Waals surface area contributed by atoms with Crippen LogP contribution in [0.1, 0.15) is 0 Å². The topological polar surface area (TPSA) is 68.3 Å². The summed E-state index contributed by atoms with van der Waals surface area (Å²) >= 11 is -0.750. The zero-order chi connectivity index (χ0) is 7.21. The second-order valence-electron chi connectivity index (χ2n) is 1.21. The summed E-state index contributed by atoms with van der Waals surface area (Å²) in [5.74, 6) is 0. The molecule has 0 unspecified atom stereocenters. The molecule has 0 saturated carbocycles. The molecule has 0 aliphatic heterocycles. The molecule has 4 nitrogen and oxygen atoms in total. The summed E-state index contributed by atoms with van der Waals surface area (Å²) in [4.78, 5) is 0. The number of rotatable bonds is 0. The van der Waals surface area contributed by atoms with E-state index in [-0.39, 0.29) is 0 Å². The monoisotopic (exact) mass is 158 g/mol. The van der Waals surface area contributed by atoms with Crippen molar-refractivity contribution in [3.05, 3.63) is 0 Å². The zero-order valence-corrected chi connectivity index (χ0v) is 6.08. The fourth-order valence-electron chi connectivity index (χ4n) is 0. The van der Waals surface area contributed by atoms with Crippen molar-refractivity contribution >= 4 is 21.4 Å². The van der Waals surface area contributed by atoms with E-state index in [1.54, 1.807) is 0 Å². The second-order valence-corrected chi connectivity index (χ2v) is 3.63. The lowest BCUT2D eigenvalue weighted by Crippen LogP contribution is -1.86. The summed E-state index contributed by atoms with van der Waals surface area (Å²) in [6, 6.07) is 0. The summed E-state index contributed by atoms with van der Waals surface area (Å²) in [7, 11) is -2.67. The first kappa shape index (κ1) is 10.7. The van der Waals surface area contributed by atoms with Crippen molar-refractivity contribution in [2.75, 3.05) is 12.5 Å². The molecule has 0 N–H and O–H groups in total. The molecule has 0 atom stereocenters. The maximum Gasteiger partial charge on any atom is 0.335 e. The molecule has 8 heavy (non-hydrogen) atoms. The van der Waals surface area contributed by atoms with Gasteiger partial charge in [0.15, 0.2) is 0 Å². The summed E-state index contributed by atoms with van der Waals surface area (Å²) in [5.41, 5.74) is 0. The van der Waals surface area contributed by atoms with Crippen molar-refractivity contribution in [3.63, 3.8) is 0 Å². The largest absolute Gasteiger partial charge is 0.335 e. The Hall–Kier alpha value is -0.230. The molecule has 0 fully saturated rings. The van der Waals surface area contributed by atoms with Crippen LogP contribution in [0.3, 0.4) is 0 Å². The van der Waals surface area contributed by atoms with Crippen molar-refractivity contribution in [3.8, 4) is 0 Å². The molecule has 0 aromatic heterocycles. The summed E-state index contributed by atoms with van der Waals surface area (Å²) in [6.07, 6.45) is 2.32. The van der Waals surface area contributed by atoms with Crippen molar-refractivity contribution in [2.45, 2.75) is 0 Å². The molecule has 0 bridgehead atoms. The highest BCUT2D eigenvalue weighted by Crippen LogP contribution is 1.61. The smallest absolute Gasteiger partial charge is 0.229 e. The standard InChI is InChI=1S/C2H6O2S.O2S/c1-5(2,3)4;1-3-2/h1-2H3;. The van der Waals surface area contributed by atoms with Crippen molar-refractivity contribution < 1.29 is 16.8 Å². The Morgan fingerprint density at radius 2 is 1.12 bits per heavy atom. The molecule has 6 heteroatoms. The number of hydrogen-bond donors (Lipinski definition) is 0. The van der Waals surface area contributed by atoms with E-state index >= 15 is 0 Å². The molecule has 0 amide bonds. The molecule has 0 aliphatic rings. The molecule has 0 radical (unpaired) electrons. The molecule has 50 valence electrons.